The summed E-state index contributed by atoms with van der Waals surface area (Å²) in [5.41, 5.74) is 2.32. The Bertz CT molecular complexity index is 929. The lowest BCUT2D eigenvalue weighted by Crippen LogP contribution is -2.23. The Morgan fingerprint density at radius 3 is 2.54 bits per heavy atom. The van der Waals surface area contributed by atoms with Gasteiger partial charge in [0.15, 0.2) is 6.61 Å². The van der Waals surface area contributed by atoms with Crippen LogP contribution in [0.15, 0.2) is 59.1 Å². The standard InChI is InChI=1S/C20H25N3O3/c1-5-9-16(26-14-19(24)21-3)13-12-15(6-2)23-18-11-8-7-10-17(18)22(4)20(23)25/h6-13H,5,14H2,1-4H3,(H,21,24)/b13-12-,15-6+,16-9+. The minimum atomic E-state index is -0.197. The maximum atomic E-state index is 12.7. The summed E-state index contributed by atoms with van der Waals surface area (Å²) in [5.74, 6) is 0.390. The summed E-state index contributed by atoms with van der Waals surface area (Å²) in [6.07, 6.45) is 8.12. The molecule has 2 aromatic rings. The van der Waals surface area contributed by atoms with Gasteiger partial charge in [0.25, 0.3) is 5.91 Å². The quantitative estimate of drug-likeness (QED) is 0.613. The van der Waals surface area contributed by atoms with Crippen molar-refractivity contribution in [3.63, 3.8) is 0 Å². The number of fused-ring (bicyclic) bond motifs is 1. The Hall–Kier alpha value is -3.02. The lowest BCUT2D eigenvalue weighted by Gasteiger charge is -2.07. The van der Waals surface area contributed by atoms with Crippen molar-refractivity contribution in [1.82, 2.24) is 14.5 Å². The van der Waals surface area contributed by atoms with Crippen molar-refractivity contribution in [3.05, 3.63) is 64.8 Å². The number of aromatic nitrogens is 2. The average Bonchev–Trinajstić information content (AvgIpc) is 2.91. The van der Waals surface area contributed by atoms with E-state index >= 15 is 0 Å². The highest BCUT2D eigenvalue weighted by molar-refractivity contribution is 5.81. The van der Waals surface area contributed by atoms with Crippen LogP contribution in [-0.2, 0) is 16.6 Å². The lowest BCUT2D eigenvalue weighted by molar-refractivity contribution is -0.123. The van der Waals surface area contributed by atoms with Crippen LogP contribution in [0.3, 0.4) is 0 Å². The number of carbonyl (C=O) groups excluding carboxylic acids is 1. The van der Waals surface area contributed by atoms with Crippen molar-refractivity contribution in [2.45, 2.75) is 20.3 Å². The Morgan fingerprint density at radius 1 is 1.23 bits per heavy atom. The van der Waals surface area contributed by atoms with Gasteiger partial charge in [0.2, 0.25) is 0 Å². The molecule has 26 heavy (non-hydrogen) atoms. The molecule has 0 atom stereocenters. The fourth-order valence-electron chi connectivity index (χ4n) is 2.61. The van der Waals surface area contributed by atoms with Crippen molar-refractivity contribution < 1.29 is 9.53 Å². The summed E-state index contributed by atoms with van der Waals surface area (Å²) in [5, 5.41) is 2.52. The highest BCUT2D eigenvalue weighted by Crippen LogP contribution is 2.17. The largest absolute Gasteiger partial charge is 0.484 e. The average molecular weight is 355 g/mol. The van der Waals surface area contributed by atoms with Crippen LogP contribution in [0, 0.1) is 0 Å². The molecule has 0 unspecified atom stereocenters. The number of rotatable bonds is 7. The molecule has 2 rings (SSSR count). The summed E-state index contributed by atoms with van der Waals surface area (Å²) in [6.45, 7) is 3.82. The van der Waals surface area contributed by atoms with Crippen LogP contribution in [0.4, 0.5) is 0 Å². The molecule has 6 nitrogen and oxygen atoms in total. The molecule has 0 fully saturated rings. The zero-order valence-corrected chi connectivity index (χ0v) is 15.7. The van der Waals surface area contributed by atoms with Crippen LogP contribution < -0.4 is 11.0 Å². The highest BCUT2D eigenvalue weighted by Gasteiger charge is 2.11. The summed E-state index contributed by atoms with van der Waals surface area (Å²) in [4.78, 5) is 24.0. The summed E-state index contributed by atoms with van der Waals surface area (Å²) >= 11 is 0. The van der Waals surface area contributed by atoms with Crippen molar-refractivity contribution in [3.8, 4) is 0 Å². The van der Waals surface area contributed by atoms with Gasteiger partial charge in [-0.25, -0.2) is 4.79 Å². The second-order valence-electron chi connectivity index (χ2n) is 5.69. The predicted octanol–water partition coefficient (Wildman–Crippen LogP) is 2.81. The van der Waals surface area contributed by atoms with Crippen LogP contribution >= 0.6 is 0 Å². The van der Waals surface area contributed by atoms with E-state index in [4.69, 9.17) is 4.74 Å². The summed E-state index contributed by atoms with van der Waals surface area (Å²) < 4.78 is 8.81. The van der Waals surface area contributed by atoms with Crippen LogP contribution in [0.5, 0.6) is 0 Å². The number of para-hydroxylation sites is 2. The molecule has 1 aromatic heterocycles. The molecular weight excluding hydrogens is 330 g/mol. The highest BCUT2D eigenvalue weighted by atomic mass is 16.5. The number of hydrogen-bond donors (Lipinski definition) is 1. The van der Waals surface area contributed by atoms with Crippen molar-refractivity contribution in [1.29, 1.82) is 0 Å². The van der Waals surface area contributed by atoms with E-state index in [-0.39, 0.29) is 18.2 Å². The fraction of sp³-hybridized carbons (Fsp3) is 0.300. The molecule has 0 aliphatic heterocycles. The zero-order valence-electron chi connectivity index (χ0n) is 15.7. The van der Waals surface area contributed by atoms with Crippen molar-refractivity contribution in [2.24, 2.45) is 7.05 Å². The van der Waals surface area contributed by atoms with Crippen LogP contribution in [0.25, 0.3) is 16.7 Å². The molecule has 0 spiro atoms. The minimum Gasteiger partial charge on any atom is -0.484 e. The molecule has 0 bridgehead atoms. The monoisotopic (exact) mass is 355 g/mol. The van der Waals surface area contributed by atoms with E-state index in [0.29, 0.717) is 5.76 Å². The summed E-state index contributed by atoms with van der Waals surface area (Å²) in [6, 6.07) is 7.65. The lowest BCUT2D eigenvalue weighted by atomic mass is 10.2. The molecule has 6 heteroatoms. The number of ether oxygens (including phenoxy) is 1. The topological polar surface area (TPSA) is 65.3 Å². The molecule has 138 valence electrons. The first-order valence-corrected chi connectivity index (χ1v) is 8.58. The third-order valence-electron chi connectivity index (χ3n) is 3.99. The van der Waals surface area contributed by atoms with Gasteiger partial charge in [-0.15, -0.1) is 0 Å². The normalized spacial score (nSPS) is 12.8. The van der Waals surface area contributed by atoms with E-state index in [0.717, 1.165) is 23.2 Å². The van der Waals surface area contributed by atoms with Gasteiger partial charge in [0, 0.05) is 19.8 Å². The SMILES string of the molecule is C\C=C(/C=C\C(=C/CC)OCC(=O)NC)n1c(=O)n(C)c2ccccc21. The first-order chi connectivity index (χ1) is 12.5. The van der Waals surface area contributed by atoms with E-state index in [1.165, 1.54) is 0 Å². The van der Waals surface area contributed by atoms with Crippen LogP contribution in [0.1, 0.15) is 20.3 Å². The molecule has 0 saturated heterocycles. The fourth-order valence-corrected chi connectivity index (χ4v) is 2.61. The second kappa shape index (κ2) is 8.89. The van der Waals surface area contributed by atoms with E-state index in [2.05, 4.69) is 5.32 Å². The molecule has 1 heterocycles. The predicted molar refractivity (Wildman–Crippen MR) is 105 cm³/mol. The van der Waals surface area contributed by atoms with E-state index in [1.807, 2.05) is 56.3 Å². The number of likely N-dealkylation sites (N-methyl/N-ethyl adjacent to an activating group) is 1. The van der Waals surface area contributed by atoms with Crippen molar-refractivity contribution in [2.75, 3.05) is 13.7 Å². The Morgan fingerprint density at radius 2 is 1.92 bits per heavy atom. The molecule has 0 radical (unpaired) electrons. The molecule has 1 amide bonds. The molecular formula is C20H25N3O3. The Kier molecular flexibility index (Phi) is 6.60. The number of imidazole rings is 1. The number of amides is 1. The van der Waals surface area contributed by atoms with E-state index in [9.17, 15) is 9.59 Å². The van der Waals surface area contributed by atoms with Gasteiger partial charge in [-0.1, -0.05) is 25.1 Å². The molecule has 1 N–H and O–H groups in total. The molecule has 1 aromatic carbocycles. The Balaban J connectivity index is 2.36. The van der Waals surface area contributed by atoms with Gasteiger partial charge in [-0.3, -0.25) is 13.9 Å². The van der Waals surface area contributed by atoms with E-state index in [1.54, 1.807) is 29.3 Å². The zero-order chi connectivity index (χ0) is 19.1. The maximum absolute atomic E-state index is 12.7. The van der Waals surface area contributed by atoms with E-state index < -0.39 is 0 Å². The number of nitrogens with one attached hydrogen (secondary N) is 1. The van der Waals surface area contributed by atoms with Gasteiger partial charge in [-0.05, 0) is 43.7 Å². The van der Waals surface area contributed by atoms with Gasteiger partial charge in [-0.2, -0.15) is 0 Å². The number of benzene rings is 1. The number of carbonyl (C=O) groups is 1. The minimum absolute atomic E-state index is 0.0495. The number of nitrogens with zero attached hydrogens (tertiary/aromatic N) is 2. The number of allylic oxidation sites excluding steroid dienone is 5. The Labute approximate surface area is 153 Å². The summed E-state index contributed by atoms with van der Waals surface area (Å²) in [7, 11) is 3.32. The third kappa shape index (κ3) is 4.14. The first-order valence-electron chi connectivity index (χ1n) is 8.58. The van der Waals surface area contributed by atoms with Crippen LogP contribution in [-0.4, -0.2) is 28.7 Å². The first kappa shape index (κ1) is 19.3. The number of hydrogen-bond acceptors (Lipinski definition) is 3. The molecule has 0 aliphatic rings. The smallest absolute Gasteiger partial charge is 0.333 e. The van der Waals surface area contributed by atoms with Gasteiger partial charge < -0.3 is 10.1 Å². The third-order valence-corrected chi connectivity index (χ3v) is 3.99. The molecule has 0 saturated carbocycles. The second-order valence-corrected chi connectivity index (χ2v) is 5.69. The maximum Gasteiger partial charge on any atom is 0.333 e. The van der Waals surface area contributed by atoms with Crippen molar-refractivity contribution >= 4 is 22.6 Å². The van der Waals surface area contributed by atoms with Gasteiger partial charge >= 0.3 is 5.69 Å². The van der Waals surface area contributed by atoms with Gasteiger partial charge in [0.05, 0.1) is 11.0 Å². The molecule has 0 aliphatic carbocycles. The van der Waals surface area contributed by atoms with Gasteiger partial charge in [0.1, 0.15) is 5.76 Å². The van der Waals surface area contributed by atoms with Crippen LogP contribution in [0.2, 0.25) is 0 Å². The number of aryl methyl sites for hydroxylation is 1.